The van der Waals surface area contributed by atoms with E-state index in [4.69, 9.17) is 4.74 Å². The van der Waals surface area contributed by atoms with Gasteiger partial charge in [-0.15, -0.1) is 0 Å². The molecular formula is C23H27N3O. The van der Waals surface area contributed by atoms with E-state index in [9.17, 15) is 0 Å². The van der Waals surface area contributed by atoms with Crippen LogP contribution >= 0.6 is 0 Å². The fourth-order valence-electron chi connectivity index (χ4n) is 3.82. The molecule has 0 spiro atoms. The van der Waals surface area contributed by atoms with Gasteiger partial charge in [0.15, 0.2) is 0 Å². The van der Waals surface area contributed by atoms with E-state index in [0.717, 1.165) is 38.5 Å². The molecule has 1 aromatic heterocycles. The van der Waals surface area contributed by atoms with Crippen LogP contribution in [0.15, 0.2) is 60.7 Å². The number of ether oxygens (including phenoxy) is 1. The lowest BCUT2D eigenvalue weighted by Crippen LogP contribution is -2.46. The fourth-order valence-corrected chi connectivity index (χ4v) is 3.82. The van der Waals surface area contributed by atoms with Crippen LogP contribution in [0.4, 0.5) is 5.69 Å². The first kappa shape index (κ1) is 17.7. The average molecular weight is 361 g/mol. The Morgan fingerprint density at radius 2 is 1.63 bits per heavy atom. The molecule has 0 bridgehead atoms. The summed E-state index contributed by atoms with van der Waals surface area (Å²) in [6, 6.07) is 21.1. The molecule has 2 aromatic carbocycles. The SMILES string of the molecule is COc1ccccc1N1CCN(Cc2cc(-c3ccccc3)[nH]c2C)CC1. The minimum Gasteiger partial charge on any atom is -0.495 e. The highest BCUT2D eigenvalue weighted by Crippen LogP contribution is 2.29. The number of hydrogen-bond donors (Lipinski definition) is 1. The third kappa shape index (κ3) is 3.86. The highest BCUT2D eigenvalue weighted by molar-refractivity contribution is 5.61. The van der Waals surface area contributed by atoms with E-state index in [1.54, 1.807) is 7.11 Å². The lowest BCUT2D eigenvalue weighted by molar-refractivity contribution is 0.249. The second-order valence-corrected chi connectivity index (χ2v) is 7.13. The quantitative estimate of drug-likeness (QED) is 0.734. The smallest absolute Gasteiger partial charge is 0.142 e. The third-order valence-corrected chi connectivity index (χ3v) is 5.40. The summed E-state index contributed by atoms with van der Waals surface area (Å²) in [5.41, 5.74) is 6.30. The van der Waals surface area contributed by atoms with E-state index in [0.29, 0.717) is 0 Å². The Bertz CT molecular complexity index is 880. The molecule has 1 aliphatic heterocycles. The van der Waals surface area contributed by atoms with Crippen LogP contribution in [0, 0.1) is 6.92 Å². The average Bonchev–Trinajstić information content (AvgIpc) is 3.09. The van der Waals surface area contributed by atoms with Crippen LogP contribution in [0.3, 0.4) is 0 Å². The van der Waals surface area contributed by atoms with Gasteiger partial charge in [0.2, 0.25) is 0 Å². The summed E-state index contributed by atoms with van der Waals surface area (Å²) in [6.45, 7) is 7.33. The molecule has 1 aliphatic rings. The highest BCUT2D eigenvalue weighted by Gasteiger charge is 2.20. The molecule has 3 aromatic rings. The molecular weight excluding hydrogens is 334 g/mol. The molecule has 0 saturated carbocycles. The summed E-state index contributed by atoms with van der Waals surface area (Å²) >= 11 is 0. The Morgan fingerprint density at radius 3 is 2.37 bits per heavy atom. The maximum atomic E-state index is 5.52. The number of piperazine rings is 1. The first-order valence-corrected chi connectivity index (χ1v) is 9.59. The van der Waals surface area contributed by atoms with E-state index in [2.05, 4.69) is 70.2 Å². The molecule has 1 saturated heterocycles. The lowest BCUT2D eigenvalue weighted by atomic mass is 10.1. The maximum Gasteiger partial charge on any atom is 0.142 e. The van der Waals surface area contributed by atoms with Gasteiger partial charge in [0.25, 0.3) is 0 Å². The molecule has 4 nitrogen and oxygen atoms in total. The van der Waals surface area contributed by atoms with Gasteiger partial charge < -0.3 is 14.6 Å². The predicted molar refractivity (Wildman–Crippen MR) is 111 cm³/mol. The second-order valence-electron chi connectivity index (χ2n) is 7.13. The maximum absolute atomic E-state index is 5.52. The van der Waals surface area contributed by atoms with Gasteiger partial charge in [-0.3, -0.25) is 4.90 Å². The molecule has 0 amide bonds. The third-order valence-electron chi connectivity index (χ3n) is 5.40. The number of H-pyrrole nitrogens is 1. The molecule has 4 heteroatoms. The van der Waals surface area contributed by atoms with Crippen molar-refractivity contribution in [1.82, 2.24) is 9.88 Å². The van der Waals surface area contributed by atoms with Gasteiger partial charge in [-0.2, -0.15) is 0 Å². The van der Waals surface area contributed by atoms with E-state index < -0.39 is 0 Å². The van der Waals surface area contributed by atoms with Crippen LogP contribution in [-0.2, 0) is 6.54 Å². The van der Waals surface area contributed by atoms with Gasteiger partial charge in [0.05, 0.1) is 12.8 Å². The van der Waals surface area contributed by atoms with Gasteiger partial charge in [0, 0.05) is 44.1 Å². The van der Waals surface area contributed by atoms with Crippen molar-refractivity contribution in [3.63, 3.8) is 0 Å². The van der Waals surface area contributed by atoms with E-state index in [1.807, 2.05) is 12.1 Å². The summed E-state index contributed by atoms with van der Waals surface area (Å²) in [7, 11) is 1.74. The van der Waals surface area contributed by atoms with E-state index in [-0.39, 0.29) is 0 Å². The Labute approximate surface area is 161 Å². The minimum absolute atomic E-state index is 0.958. The zero-order valence-corrected chi connectivity index (χ0v) is 16.1. The second kappa shape index (κ2) is 7.89. The number of hydrogen-bond acceptors (Lipinski definition) is 3. The standard InChI is InChI=1S/C23H27N3O/c1-18-20(16-21(24-18)19-8-4-3-5-9-19)17-25-12-14-26(15-13-25)22-10-6-7-11-23(22)27-2/h3-11,16,24H,12-15,17H2,1-2H3. The van der Waals surface area contributed by atoms with Crippen molar-refractivity contribution in [2.45, 2.75) is 13.5 Å². The molecule has 4 rings (SSSR count). The topological polar surface area (TPSA) is 31.5 Å². The molecule has 1 N–H and O–H groups in total. The molecule has 27 heavy (non-hydrogen) atoms. The van der Waals surface area contributed by atoms with Gasteiger partial charge in [-0.05, 0) is 36.2 Å². The first-order valence-electron chi connectivity index (χ1n) is 9.59. The van der Waals surface area contributed by atoms with Crippen LogP contribution in [0.5, 0.6) is 5.75 Å². The van der Waals surface area contributed by atoms with Crippen LogP contribution in [0.25, 0.3) is 11.3 Å². The number of nitrogens with one attached hydrogen (secondary N) is 1. The van der Waals surface area contributed by atoms with Crippen molar-refractivity contribution in [3.05, 3.63) is 71.9 Å². The molecule has 140 valence electrons. The molecule has 1 fully saturated rings. The molecule has 0 unspecified atom stereocenters. The summed E-state index contributed by atoms with van der Waals surface area (Å²) < 4.78 is 5.52. The molecule has 0 atom stereocenters. The van der Waals surface area contributed by atoms with Crippen LogP contribution < -0.4 is 9.64 Å². The van der Waals surface area contributed by atoms with Crippen molar-refractivity contribution in [3.8, 4) is 17.0 Å². The molecule has 0 aliphatic carbocycles. The van der Waals surface area contributed by atoms with Gasteiger partial charge >= 0.3 is 0 Å². The molecule has 0 radical (unpaired) electrons. The summed E-state index contributed by atoms with van der Waals surface area (Å²) in [4.78, 5) is 8.51. The van der Waals surface area contributed by atoms with Crippen molar-refractivity contribution in [2.75, 3.05) is 38.2 Å². The number of aromatic nitrogens is 1. The van der Waals surface area contributed by atoms with Crippen LogP contribution in [-0.4, -0.2) is 43.2 Å². The summed E-state index contributed by atoms with van der Waals surface area (Å²) in [5.74, 6) is 0.958. The Hall–Kier alpha value is -2.72. The number of para-hydroxylation sites is 2. The van der Waals surface area contributed by atoms with Gasteiger partial charge in [0.1, 0.15) is 5.75 Å². The highest BCUT2D eigenvalue weighted by atomic mass is 16.5. The van der Waals surface area contributed by atoms with E-state index >= 15 is 0 Å². The number of rotatable bonds is 5. The van der Waals surface area contributed by atoms with Crippen molar-refractivity contribution >= 4 is 5.69 Å². The van der Waals surface area contributed by atoms with Crippen LogP contribution in [0.1, 0.15) is 11.3 Å². The van der Waals surface area contributed by atoms with Crippen molar-refractivity contribution in [2.24, 2.45) is 0 Å². The fraction of sp³-hybridized carbons (Fsp3) is 0.304. The van der Waals surface area contributed by atoms with Gasteiger partial charge in [-0.25, -0.2) is 0 Å². The van der Waals surface area contributed by atoms with Crippen molar-refractivity contribution in [1.29, 1.82) is 0 Å². The number of nitrogens with zero attached hydrogens (tertiary/aromatic N) is 2. The molecule has 2 heterocycles. The van der Waals surface area contributed by atoms with Gasteiger partial charge in [-0.1, -0.05) is 42.5 Å². The summed E-state index contributed by atoms with van der Waals surface area (Å²) in [6.07, 6.45) is 0. The number of benzene rings is 2. The lowest BCUT2D eigenvalue weighted by Gasteiger charge is -2.36. The number of methoxy groups -OCH3 is 1. The minimum atomic E-state index is 0.958. The predicted octanol–water partition coefficient (Wildman–Crippen LogP) is 4.32. The monoisotopic (exact) mass is 361 g/mol. The van der Waals surface area contributed by atoms with E-state index in [1.165, 1.54) is 28.2 Å². The first-order chi connectivity index (χ1) is 13.2. The van der Waals surface area contributed by atoms with Crippen LogP contribution in [0.2, 0.25) is 0 Å². The number of aryl methyl sites for hydroxylation is 1. The van der Waals surface area contributed by atoms with Crippen molar-refractivity contribution < 1.29 is 4.74 Å². The Morgan fingerprint density at radius 1 is 0.926 bits per heavy atom. The number of aromatic amines is 1. The normalized spacial score (nSPS) is 15.1. The summed E-state index contributed by atoms with van der Waals surface area (Å²) in [5, 5.41) is 0. The zero-order chi connectivity index (χ0) is 18.6. The largest absolute Gasteiger partial charge is 0.495 e. The Balaban J connectivity index is 1.40. The Kier molecular flexibility index (Phi) is 5.16. The zero-order valence-electron chi connectivity index (χ0n) is 16.1. The number of anilines is 1.